The molecule has 8 nitrogen and oxygen atoms in total. The van der Waals surface area contributed by atoms with Crippen LogP contribution in [0.25, 0.3) is 104 Å². The van der Waals surface area contributed by atoms with Crippen molar-refractivity contribution in [3.05, 3.63) is 345 Å². The first kappa shape index (κ1) is 103. The number of Topliss-reactive ketones (excluding diaryl/α,β-unsaturated/α-hetero) is 4. The molecule has 133 heavy (non-hydrogen) atoms. The Labute approximate surface area is 762 Å². The number of ketones is 4. The SMILES string of the molecule is CC(=O)C(CC(C)C)c1cc(-c2ccc(OC(F)(F)F)cc2)cc(-c2ccc(C(F)(F)F)cc2)c1.[C-]#[N+]c1cc(-c2cc(-c3ccc(C(F)(F)F)cc3)cc(C(CC(C)C)C(C)=O)c2)ccc1F.[C-]#[N+]c1ccc(-c2cc(-c3ccc(C(F)(F)F)cc3)cc(C(CC(C)C)C(C)=O)c2)cc1F.[C-]#[N+]c1cccc(-c2cc(-c3ccc(C(F)(F)F)cc3)cc(C(CC(C)C)C(C)=O)c2)c1. The molecule has 12 aromatic rings. The molecular weight excluding hydrogens is 1740 g/mol. The molecule has 0 fully saturated rings. The highest BCUT2D eigenvalue weighted by Crippen LogP contribution is 2.45. The largest absolute Gasteiger partial charge is 0.573 e. The third-order valence-electron chi connectivity index (χ3n) is 21.9. The van der Waals surface area contributed by atoms with E-state index in [-0.39, 0.29) is 69.8 Å². The Morgan fingerprint density at radius 2 is 0.519 bits per heavy atom. The Morgan fingerprint density at radius 3 is 0.759 bits per heavy atom. The predicted molar refractivity (Wildman–Crippen MR) is 486 cm³/mol. The van der Waals surface area contributed by atoms with E-state index in [1.54, 1.807) is 67.6 Å². The predicted octanol–water partition coefficient (Wildman–Crippen LogP) is 33.9. The van der Waals surface area contributed by atoms with Gasteiger partial charge in [-0.1, -0.05) is 201 Å². The molecule has 0 heterocycles. The Kier molecular flexibility index (Phi) is 34.2. The molecule has 4 unspecified atom stereocenters. The first-order valence-corrected chi connectivity index (χ1v) is 42.3. The van der Waals surface area contributed by atoms with Gasteiger partial charge in [-0.15, -0.1) is 13.2 Å². The van der Waals surface area contributed by atoms with Crippen LogP contribution in [0.1, 0.15) is 177 Å². The van der Waals surface area contributed by atoms with Gasteiger partial charge in [0.05, 0.1) is 42.0 Å². The summed E-state index contributed by atoms with van der Waals surface area (Å²) in [7, 11) is 0. The minimum Gasteiger partial charge on any atom is -0.406 e. The third kappa shape index (κ3) is 28.9. The zero-order valence-corrected chi connectivity index (χ0v) is 74.5. The van der Waals surface area contributed by atoms with Crippen LogP contribution >= 0.6 is 0 Å². The van der Waals surface area contributed by atoms with Crippen LogP contribution in [0.3, 0.4) is 0 Å². The van der Waals surface area contributed by atoms with Gasteiger partial charge in [0.15, 0.2) is 5.69 Å². The van der Waals surface area contributed by atoms with Gasteiger partial charge in [0, 0.05) is 23.7 Å². The first-order chi connectivity index (χ1) is 62.3. The van der Waals surface area contributed by atoms with Crippen LogP contribution in [0.4, 0.5) is 91.7 Å². The highest BCUT2D eigenvalue weighted by Gasteiger charge is 2.36. The molecule has 25 heteroatoms. The summed E-state index contributed by atoms with van der Waals surface area (Å²) in [6.45, 7) is 43.7. The van der Waals surface area contributed by atoms with Crippen LogP contribution in [-0.2, 0) is 43.9 Å². The molecular formula is C108H94F17N3O5. The highest BCUT2D eigenvalue weighted by atomic mass is 19.4. The zero-order chi connectivity index (χ0) is 98.1. The van der Waals surface area contributed by atoms with Crippen molar-refractivity contribution in [2.75, 3.05) is 0 Å². The molecule has 690 valence electrons. The van der Waals surface area contributed by atoms with Crippen LogP contribution in [-0.4, -0.2) is 29.5 Å². The zero-order valence-electron chi connectivity index (χ0n) is 74.5. The Balaban J connectivity index is 0.000000199. The molecule has 0 aliphatic rings. The van der Waals surface area contributed by atoms with E-state index in [1.807, 2.05) is 90.1 Å². The lowest BCUT2D eigenvalue weighted by molar-refractivity contribution is -0.274. The smallest absolute Gasteiger partial charge is 0.406 e. The van der Waals surface area contributed by atoms with Crippen molar-refractivity contribution < 1.29 is 98.6 Å². The van der Waals surface area contributed by atoms with Crippen LogP contribution in [0, 0.1) is 55.0 Å². The van der Waals surface area contributed by atoms with E-state index in [0.29, 0.717) is 115 Å². The van der Waals surface area contributed by atoms with Crippen molar-refractivity contribution in [3.63, 3.8) is 0 Å². The van der Waals surface area contributed by atoms with Crippen molar-refractivity contribution in [2.24, 2.45) is 23.7 Å². The summed E-state index contributed by atoms with van der Waals surface area (Å²) in [6.07, 6.45) is -20.1. The molecule has 0 saturated carbocycles. The molecule has 12 aromatic carbocycles. The number of hydrogen-bond donors (Lipinski definition) is 0. The molecule has 0 N–H and O–H groups in total. The van der Waals surface area contributed by atoms with Gasteiger partial charge in [0.25, 0.3) is 0 Å². The highest BCUT2D eigenvalue weighted by molar-refractivity contribution is 5.89. The van der Waals surface area contributed by atoms with Crippen molar-refractivity contribution in [3.8, 4) is 94.8 Å². The van der Waals surface area contributed by atoms with Crippen molar-refractivity contribution >= 4 is 40.2 Å². The number of ether oxygens (including phenoxy) is 1. The van der Waals surface area contributed by atoms with Gasteiger partial charge < -0.3 is 4.74 Å². The Bertz CT molecular complexity index is 6250. The summed E-state index contributed by atoms with van der Waals surface area (Å²) in [5.41, 5.74) is 10.3. The average molecular weight is 1840 g/mol. The lowest BCUT2D eigenvalue weighted by Gasteiger charge is -2.19. The minimum absolute atomic E-state index is 0.0137. The summed E-state index contributed by atoms with van der Waals surface area (Å²) in [6, 6.07) is 62.1. The third-order valence-corrected chi connectivity index (χ3v) is 21.9. The van der Waals surface area contributed by atoms with Gasteiger partial charge in [-0.25, -0.2) is 23.3 Å². The fourth-order valence-electron chi connectivity index (χ4n) is 15.3. The summed E-state index contributed by atoms with van der Waals surface area (Å²) in [5.74, 6) is -2.24. The van der Waals surface area contributed by atoms with Gasteiger partial charge in [0.2, 0.25) is 11.4 Å². The second-order valence-corrected chi connectivity index (χ2v) is 34.1. The van der Waals surface area contributed by atoms with Crippen molar-refractivity contribution in [2.45, 2.75) is 164 Å². The monoisotopic (exact) mass is 1840 g/mol. The van der Waals surface area contributed by atoms with E-state index >= 15 is 0 Å². The molecule has 0 saturated heterocycles. The minimum atomic E-state index is -4.82. The van der Waals surface area contributed by atoms with Crippen molar-refractivity contribution in [1.82, 2.24) is 0 Å². The van der Waals surface area contributed by atoms with Crippen molar-refractivity contribution in [1.29, 1.82) is 0 Å². The quantitative estimate of drug-likeness (QED) is 0.0420. The van der Waals surface area contributed by atoms with E-state index < -0.39 is 76.8 Å². The lowest BCUT2D eigenvalue weighted by Crippen LogP contribution is -2.16. The maximum absolute atomic E-state index is 14.3. The fraction of sp³-hybridized carbons (Fsp3) is 0.269. The number of benzene rings is 12. The van der Waals surface area contributed by atoms with Gasteiger partial charge in [-0.05, 0) is 298 Å². The molecule has 0 bridgehead atoms. The Hall–Kier alpha value is -13.6. The van der Waals surface area contributed by atoms with Crippen LogP contribution in [0.2, 0.25) is 0 Å². The normalized spacial score (nSPS) is 12.6. The molecule has 0 aliphatic heterocycles. The van der Waals surface area contributed by atoms with Crippen LogP contribution < -0.4 is 4.74 Å². The average Bonchev–Trinajstić information content (AvgIpc) is 0.800. The molecule has 0 amide bonds. The molecule has 0 aliphatic carbocycles. The van der Waals surface area contributed by atoms with E-state index in [2.05, 4.69) is 33.1 Å². The Morgan fingerprint density at radius 1 is 0.271 bits per heavy atom. The second kappa shape index (κ2) is 44.1. The van der Waals surface area contributed by atoms with E-state index in [4.69, 9.17) is 19.7 Å². The van der Waals surface area contributed by atoms with Gasteiger partial charge in [0.1, 0.15) is 40.5 Å². The number of halogens is 17. The molecule has 0 radical (unpaired) electrons. The molecule has 0 spiro atoms. The lowest BCUT2D eigenvalue weighted by atomic mass is 9.84. The fourth-order valence-corrected chi connectivity index (χ4v) is 15.3. The molecule has 0 aromatic heterocycles. The van der Waals surface area contributed by atoms with Crippen LogP contribution in [0.15, 0.2) is 255 Å². The topological polar surface area (TPSA) is 90.6 Å². The molecule has 12 rings (SSSR count). The first-order valence-electron chi connectivity index (χ1n) is 42.3. The second-order valence-electron chi connectivity index (χ2n) is 34.1. The summed E-state index contributed by atoms with van der Waals surface area (Å²) < 4.78 is 226. The van der Waals surface area contributed by atoms with E-state index in [1.165, 1.54) is 118 Å². The molecule has 4 atom stereocenters. The summed E-state index contributed by atoms with van der Waals surface area (Å²) in [4.78, 5) is 59.7. The van der Waals surface area contributed by atoms with Gasteiger partial charge in [-0.3, -0.25) is 19.2 Å². The number of carbonyl (C=O) groups excluding carboxylic acids is 4. The number of hydrogen-bond acceptors (Lipinski definition) is 5. The number of alkyl halides is 15. The van der Waals surface area contributed by atoms with Gasteiger partial charge in [-0.2, -0.15) is 52.7 Å². The summed E-state index contributed by atoms with van der Waals surface area (Å²) >= 11 is 0. The number of carbonyl (C=O) groups is 4. The maximum Gasteiger partial charge on any atom is 0.573 e. The van der Waals surface area contributed by atoms with E-state index in [0.717, 1.165) is 81.9 Å². The van der Waals surface area contributed by atoms with Crippen LogP contribution in [0.5, 0.6) is 5.75 Å². The van der Waals surface area contributed by atoms with E-state index in [9.17, 15) is 93.8 Å². The maximum atomic E-state index is 14.3. The summed E-state index contributed by atoms with van der Waals surface area (Å²) in [5, 5.41) is 0. The number of rotatable bonds is 25. The number of nitrogens with zero attached hydrogens (tertiary/aromatic N) is 3. The standard InChI is InChI=1S/C27H24F6O2.2C27H23F4NO.C27H24F3NO/c1-16(2)12-25(17(3)34)22-14-20(18-4-8-23(9-5-18)26(28,29)30)13-21(15-22)19-6-10-24(11-7-19)35-27(31,32)33;1-16(2)11-24(17(3)33)22-13-20(18-5-8-23(9-6-18)27(29,30)31)12-21(14-22)19-7-10-26(32-4)25(28)15-19;1-16(2)11-24(17(3)33)22-13-20(18-5-8-23(9-6-18)27(29,30)31)12-21(14-22)19-7-10-25(28)26(15-19)32-4;1-17(2)12-26(18(3)32)23-14-21(19-8-10-24(11-9-19)27(28,29)30)13-22(15-23)20-6-5-7-25(16-20)31-4/h4-11,13-16,25H,12H2,1-3H3;2*5-10,12-16,24H,11H2,1-3H3;5-11,13-17,26H,12H2,1-3H3. The van der Waals surface area contributed by atoms with Gasteiger partial charge >= 0.3 is 31.1 Å².